The van der Waals surface area contributed by atoms with Crippen LogP contribution in [0.1, 0.15) is 60.4 Å². The smallest absolute Gasteiger partial charge is 0.326 e. The average molecular weight is 722 g/mol. The number of amides is 3. The van der Waals surface area contributed by atoms with Gasteiger partial charge in [-0.25, -0.2) is 4.79 Å². The molecule has 4 N–H and O–H groups in total. The maximum atomic E-state index is 14.4. The van der Waals surface area contributed by atoms with Crippen LogP contribution in [0.3, 0.4) is 0 Å². The van der Waals surface area contributed by atoms with Crippen LogP contribution in [-0.2, 0) is 51.3 Å². The molecule has 0 heterocycles. The second-order valence-electron chi connectivity index (χ2n) is 13.6. The Morgan fingerprint density at radius 1 is 0.585 bits per heavy atom. The first-order valence-corrected chi connectivity index (χ1v) is 18.2. The molecule has 0 bridgehead atoms. The monoisotopic (exact) mass is 721 g/mol. The Balaban J connectivity index is 1.57. The van der Waals surface area contributed by atoms with Crippen LogP contribution in [-0.4, -0.2) is 81.0 Å². The summed E-state index contributed by atoms with van der Waals surface area (Å²) in [5.41, 5.74) is 4.31. The highest BCUT2D eigenvalue weighted by molar-refractivity contribution is 5.93. The predicted molar refractivity (Wildman–Crippen MR) is 204 cm³/mol. The zero-order chi connectivity index (χ0) is 38.3. The Hall–Kier alpha value is -5.64. The van der Waals surface area contributed by atoms with Gasteiger partial charge in [0.2, 0.25) is 17.7 Å². The lowest BCUT2D eigenvalue weighted by Crippen LogP contribution is -2.58. The van der Waals surface area contributed by atoms with Gasteiger partial charge in [-0.1, -0.05) is 98.6 Å². The lowest BCUT2D eigenvalue weighted by Gasteiger charge is -2.35. The third-order valence-electron chi connectivity index (χ3n) is 9.58. The molecule has 0 fully saturated rings. The van der Waals surface area contributed by atoms with Crippen molar-refractivity contribution in [3.05, 3.63) is 131 Å². The summed E-state index contributed by atoms with van der Waals surface area (Å²) in [5.74, 6) is -2.57. The molecule has 10 heteroatoms. The molecule has 0 aliphatic rings. The van der Waals surface area contributed by atoms with Crippen molar-refractivity contribution in [2.75, 3.05) is 14.1 Å². The van der Waals surface area contributed by atoms with Crippen LogP contribution in [0.25, 0.3) is 0 Å². The summed E-state index contributed by atoms with van der Waals surface area (Å²) in [4.78, 5) is 57.1. The van der Waals surface area contributed by atoms with Crippen LogP contribution in [0.5, 0.6) is 11.5 Å². The van der Waals surface area contributed by atoms with E-state index in [9.17, 15) is 34.5 Å². The van der Waals surface area contributed by atoms with Gasteiger partial charge >= 0.3 is 5.97 Å². The molecule has 0 saturated heterocycles. The topological polar surface area (TPSA) is 147 Å². The molecule has 3 atom stereocenters. The van der Waals surface area contributed by atoms with E-state index >= 15 is 0 Å². The van der Waals surface area contributed by atoms with Crippen LogP contribution in [0, 0.1) is 0 Å². The quantitative estimate of drug-likeness (QED) is 0.0907. The van der Waals surface area contributed by atoms with Crippen LogP contribution >= 0.6 is 0 Å². The standard InChI is InChI=1S/C43H51N3O7/c1-4-5-7-10-30-13-15-31(16-14-30)21-26-40(49)44-37(27-33-17-22-35(47)23-18-33)41(50)45(2)38(28-34-19-24-36(48)25-20-34)42(51)46(3)39(43(52)53)29-32-11-8-6-9-12-32/h6,8-9,11-20,22-25,37-39,47-48H,4-5,7,10,21,26-29H2,1-3H3,(H,44,49)(H,52,53)/t37-,38-,39-/m0/s1. The Bertz CT molecular complexity index is 1780. The van der Waals surface area contributed by atoms with Crippen molar-refractivity contribution in [1.82, 2.24) is 15.1 Å². The maximum absolute atomic E-state index is 14.4. The third-order valence-corrected chi connectivity index (χ3v) is 9.58. The predicted octanol–water partition coefficient (Wildman–Crippen LogP) is 5.71. The molecule has 0 saturated carbocycles. The van der Waals surface area contributed by atoms with Gasteiger partial charge in [0.1, 0.15) is 29.6 Å². The van der Waals surface area contributed by atoms with Crippen molar-refractivity contribution in [2.24, 2.45) is 0 Å². The number of phenols is 2. The van der Waals surface area contributed by atoms with E-state index in [-0.39, 0.29) is 43.1 Å². The number of hydrogen-bond acceptors (Lipinski definition) is 6. The summed E-state index contributed by atoms with van der Waals surface area (Å²) in [6.07, 6.45) is 5.27. The summed E-state index contributed by atoms with van der Waals surface area (Å²) in [6.45, 7) is 2.17. The van der Waals surface area contributed by atoms with Crippen molar-refractivity contribution in [3.63, 3.8) is 0 Å². The van der Waals surface area contributed by atoms with E-state index in [1.165, 1.54) is 55.2 Å². The summed E-state index contributed by atoms with van der Waals surface area (Å²) >= 11 is 0. The number of benzene rings is 4. The zero-order valence-electron chi connectivity index (χ0n) is 30.8. The van der Waals surface area contributed by atoms with Gasteiger partial charge in [-0.3, -0.25) is 14.4 Å². The highest BCUT2D eigenvalue weighted by Crippen LogP contribution is 2.20. The lowest BCUT2D eigenvalue weighted by molar-refractivity contribution is -0.153. The minimum Gasteiger partial charge on any atom is -0.508 e. The fraction of sp³-hybridized carbons (Fsp3) is 0.349. The first kappa shape index (κ1) is 40.1. The molecule has 0 unspecified atom stereocenters. The number of nitrogens with zero attached hydrogens (tertiary/aromatic N) is 2. The SMILES string of the molecule is CCCCCc1ccc(CCC(=O)N[C@@H](Cc2ccc(O)cc2)C(=O)N(C)[C@@H](Cc2ccc(O)cc2)C(=O)N(C)[C@@H](Cc2ccccc2)C(=O)O)cc1. The van der Waals surface area contributed by atoms with E-state index in [1.54, 1.807) is 48.5 Å². The van der Waals surface area contributed by atoms with E-state index in [0.29, 0.717) is 17.5 Å². The molecule has 0 spiro atoms. The molecule has 10 nitrogen and oxygen atoms in total. The normalized spacial score (nSPS) is 12.7. The third kappa shape index (κ3) is 12.2. The Morgan fingerprint density at radius 2 is 1.06 bits per heavy atom. The van der Waals surface area contributed by atoms with Gasteiger partial charge in [-0.2, -0.15) is 0 Å². The maximum Gasteiger partial charge on any atom is 0.326 e. The number of phenolic OH excluding ortho intramolecular Hbond substituents is 2. The summed E-state index contributed by atoms with van der Waals surface area (Å²) in [7, 11) is 2.89. The lowest BCUT2D eigenvalue weighted by atomic mass is 9.98. The van der Waals surface area contributed by atoms with Gasteiger partial charge in [0, 0.05) is 39.8 Å². The second kappa shape index (κ2) is 19.8. The van der Waals surface area contributed by atoms with Crippen molar-refractivity contribution in [2.45, 2.75) is 82.8 Å². The molecule has 4 aromatic carbocycles. The van der Waals surface area contributed by atoms with Crippen molar-refractivity contribution in [1.29, 1.82) is 0 Å². The number of carbonyl (C=O) groups is 4. The molecule has 53 heavy (non-hydrogen) atoms. The number of nitrogens with one attached hydrogen (secondary N) is 1. The van der Waals surface area contributed by atoms with Crippen molar-refractivity contribution in [3.8, 4) is 11.5 Å². The first-order valence-electron chi connectivity index (χ1n) is 18.2. The largest absolute Gasteiger partial charge is 0.508 e. The Morgan fingerprint density at radius 3 is 1.60 bits per heavy atom. The zero-order valence-corrected chi connectivity index (χ0v) is 30.8. The molecule has 4 aromatic rings. The molecule has 0 aromatic heterocycles. The fourth-order valence-corrected chi connectivity index (χ4v) is 6.30. The first-order chi connectivity index (χ1) is 25.4. The minimum absolute atomic E-state index is 0.0255. The van der Waals surface area contributed by atoms with Crippen LogP contribution in [0.4, 0.5) is 0 Å². The number of carboxylic acid groups (broad SMARTS) is 1. The Kier molecular flexibility index (Phi) is 15.0. The van der Waals surface area contributed by atoms with Gasteiger partial charge in [0.15, 0.2) is 0 Å². The van der Waals surface area contributed by atoms with Crippen LogP contribution in [0.15, 0.2) is 103 Å². The average Bonchev–Trinajstić information content (AvgIpc) is 3.16. The highest BCUT2D eigenvalue weighted by atomic mass is 16.4. The molecule has 3 amide bonds. The summed E-state index contributed by atoms with van der Waals surface area (Å²) in [5, 5.41) is 32.8. The molecule has 0 aliphatic carbocycles. The van der Waals surface area contributed by atoms with Crippen molar-refractivity contribution < 1.29 is 34.5 Å². The Labute approximate surface area is 312 Å². The van der Waals surface area contributed by atoms with Gasteiger partial charge in [-0.05, 0) is 71.3 Å². The molecular weight excluding hydrogens is 670 g/mol. The fourth-order valence-electron chi connectivity index (χ4n) is 6.30. The van der Waals surface area contributed by atoms with E-state index in [4.69, 9.17) is 0 Å². The van der Waals surface area contributed by atoms with Crippen LogP contribution < -0.4 is 5.32 Å². The van der Waals surface area contributed by atoms with Crippen molar-refractivity contribution >= 4 is 23.7 Å². The molecule has 0 radical (unpaired) electrons. The number of likely N-dealkylation sites (N-methyl/N-ethyl adjacent to an activating group) is 2. The number of aliphatic carboxylic acids is 1. The van der Waals surface area contributed by atoms with Gasteiger partial charge in [0.05, 0.1) is 0 Å². The van der Waals surface area contributed by atoms with E-state index < -0.39 is 35.9 Å². The highest BCUT2D eigenvalue weighted by Gasteiger charge is 2.37. The number of carbonyl (C=O) groups excluding carboxylic acids is 3. The van der Waals surface area contributed by atoms with Gasteiger partial charge in [-0.15, -0.1) is 0 Å². The number of carboxylic acids is 1. The summed E-state index contributed by atoms with van der Waals surface area (Å²) in [6, 6.07) is 26.4. The molecule has 4 rings (SSSR count). The van der Waals surface area contributed by atoms with E-state index in [2.05, 4.69) is 24.4 Å². The van der Waals surface area contributed by atoms with E-state index in [1.807, 2.05) is 18.2 Å². The number of aromatic hydroxyl groups is 2. The summed E-state index contributed by atoms with van der Waals surface area (Å²) < 4.78 is 0. The minimum atomic E-state index is -1.21. The van der Waals surface area contributed by atoms with Gasteiger partial charge < -0.3 is 30.4 Å². The number of aryl methyl sites for hydroxylation is 2. The number of unbranched alkanes of at least 4 members (excludes halogenated alkanes) is 2. The number of rotatable bonds is 19. The molecular formula is C43H51N3O7. The van der Waals surface area contributed by atoms with E-state index in [0.717, 1.165) is 35.3 Å². The van der Waals surface area contributed by atoms with Gasteiger partial charge in [0.25, 0.3) is 0 Å². The van der Waals surface area contributed by atoms with Crippen LogP contribution in [0.2, 0.25) is 0 Å². The molecule has 0 aliphatic heterocycles. The second-order valence-corrected chi connectivity index (χ2v) is 13.6. The number of hydrogen-bond donors (Lipinski definition) is 4. The molecule has 280 valence electrons.